The highest BCUT2D eigenvalue weighted by atomic mass is 28.4. The molecule has 2 aromatic carbocycles. The first-order valence-electron chi connectivity index (χ1n) is 12.6. The lowest BCUT2D eigenvalue weighted by Crippen LogP contribution is -2.66. The van der Waals surface area contributed by atoms with Crippen LogP contribution in [0.1, 0.15) is 60.3 Å². The van der Waals surface area contributed by atoms with Crippen molar-refractivity contribution in [3.63, 3.8) is 0 Å². The molecule has 176 valence electrons. The molecule has 0 N–H and O–H groups in total. The van der Waals surface area contributed by atoms with Crippen LogP contribution in [0.2, 0.25) is 5.04 Å². The molecule has 0 unspecified atom stereocenters. The van der Waals surface area contributed by atoms with Crippen molar-refractivity contribution in [3.8, 4) is 0 Å². The van der Waals surface area contributed by atoms with E-state index in [2.05, 4.69) is 101 Å². The Hall–Kier alpha value is -1.97. The van der Waals surface area contributed by atoms with Gasteiger partial charge in [0.15, 0.2) is 0 Å². The summed E-state index contributed by atoms with van der Waals surface area (Å²) in [6.07, 6.45) is 8.61. The number of hydrogen-bond acceptors (Lipinski definition) is 2. The SMILES string of the molecule is C[C@@H]1C(CO[Si](c2ccccc2)(c2ccccc2)C(C)(C)C)=C[C@]2(C)CCCC[C@H]2[C@@H]1C=O. The Morgan fingerprint density at radius 3 is 2.09 bits per heavy atom. The Labute approximate surface area is 201 Å². The fourth-order valence-electron chi connectivity index (χ4n) is 6.69. The first kappa shape index (κ1) is 24.2. The van der Waals surface area contributed by atoms with E-state index < -0.39 is 8.32 Å². The molecule has 1 fully saturated rings. The van der Waals surface area contributed by atoms with Gasteiger partial charge in [-0.15, -0.1) is 0 Å². The highest BCUT2D eigenvalue weighted by Gasteiger charge is 2.51. The second kappa shape index (κ2) is 9.35. The number of rotatable bonds is 6. The third-order valence-electron chi connectivity index (χ3n) is 8.50. The third kappa shape index (κ3) is 4.30. The maximum Gasteiger partial charge on any atom is 0.261 e. The second-order valence-electron chi connectivity index (χ2n) is 11.5. The van der Waals surface area contributed by atoms with Gasteiger partial charge in [-0.1, -0.05) is 114 Å². The summed E-state index contributed by atoms with van der Waals surface area (Å²) in [6.45, 7) is 12.2. The van der Waals surface area contributed by atoms with E-state index in [0.29, 0.717) is 12.5 Å². The first-order valence-corrected chi connectivity index (χ1v) is 14.6. The minimum Gasteiger partial charge on any atom is -0.403 e. The zero-order valence-electron chi connectivity index (χ0n) is 21.0. The molecule has 2 aliphatic carbocycles. The van der Waals surface area contributed by atoms with Crippen LogP contribution in [0, 0.1) is 23.2 Å². The smallest absolute Gasteiger partial charge is 0.261 e. The van der Waals surface area contributed by atoms with Crippen molar-refractivity contribution in [2.24, 2.45) is 23.2 Å². The van der Waals surface area contributed by atoms with Gasteiger partial charge in [-0.3, -0.25) is 0 Å². The van der Waals surface area contributed by atoms with Gasteiger partial charge in [0.25, 0.3) is 8.32 Å². The molecule has 2 aromatic rings. The Morgan fingerprint density at radius 1 is 1.00 bits per heavy atom. The van der Waals surface area contributed by atoms with Crippen molar-refractivity contribution in [1.82, 2.24) is 0 Å². The standard InChI is InChI=1S/C30H40O2Si/c1-23-24(20-30(5)19-13-12-18-28(30)27(23)21-31)22-32-33(29(2,3)4,25-14-8-6-9-15-25)26-16-10-7-11-17-26/h6-11,14-17,20-21,23,27-28H,12-13,18-19,22H2,1-5H3/t23-,27-,28+,30+/m1/s1. The highest BCUT2D eigenvalue weighted by Crippen LogP contribution is 2.52. The van der Waals surface area contributed by atoms with Gasteiger partial charge in [0.1, 0.15) is 6.29 Å². The van der Waals surface area contributed by atoms with Crippen LogP contribution < -0.4 is 10.4 Å². The molecule has 0 heterocycles. The number of benzene rings is 2. The molecule has 0 aromatic heterocycles. The van der Waals surface area contributed by atoms with Gasteiger partial charge in [0, 0.05) is 5.92 Å². The van der Waals surface area contributed by atoms with Crippen LogP contribution in [0.25, 0.3) is 0 Å². The molecule has 0 saturated heterocycles. The summed E-state index contributed by atoms with van der Waals surface area (Å²) in [4.78, 5) is 12.3. The minimum absolute atomic E-state index is 0.0461. The molecular formula is C30H40O2Si. The lowest BCUT2D eigenvalue weighted by atomic mass is 9.56. The number of carbonyl (C=O) groups is 1. The molecule has 0 amide bonds. The van der Waals surface area contributed by atoms with Gasteiger partial charge < -0.3 is 9.22 Å². The van der Waals surface area contributed by atoms with Crippen LogP contribution in [0.3, 0.4) is 0 Å². The lowest BCUT2D eigenvalue weighted by molar-refractivity contribution is -0.116. The van der Waals surface area contributed by atoms with E-state index in [0.717, 1.165) is 0 Å². The average molecular weight is 461 g/mol. The van der Waals surface area contributed by atoms with E-state index in [4.69, 9.17) is 4.43 Å². The summed E-state index contributed by atoms with van der Waals surface area (Å²) in [5.41, 5.74) is 1.43. The quantitative estimate of drug-likeness (QED) is 0.293. The van der Waals surface area contributed by atoms with Crippen LogP contribution in [-0.4, -0.2) is 21.2 Å². The third-order valence-corrected chi connectivity index (χ3v) is 13.5. The van der Waals surface area contributed by atoms with Crippen LogP contribution in [0.15, 0.2) is 72.3 Å². The molecule has 0 spiro atoms. The summed E-state index contributed by atoms with van der Waals surface area (Å²) in [6, 6.07) is 21.7. The summed E-state index contributed by atoms with van der Waals surface area (Å²) in [7, 11) is -2.59. The zero-order chi connectivity index (χ0) is 23.7. The van der Waals surface area contributed by atoms with Gasteiger partial charge >= 0.3 is 0 Å². The Kier molecular flexibility index (Phi) is 6.84. The molecule has 0 radical (unpaired) electrons. The lowest BCUT2D eigenvalue weighted by Gasteiger charge is -2.49. The molecule has 0 bridgehead atoms. The fraction of sp³-hybridized carbons (Fsp3) is 0.500. The Morgan fingerprint density at radius 2 is 1.58 bits per heavy atom. The minimum atomic E-state index is -2.59. The van der Waals surface area contributed by atoms with Gasteiger partial charge in [0.05, 0.1) is 6.61 Å². The second-order valence-corrected chi connectivity index (χ2v) is 15.8. The van der Waals surface area contributed by atoms with Crippen LogP contribution in [0.4, 0.5) is 0 Å². The van der Waals surface area contributed by atoms with Gasteiger partial charge in [-0.25, -0.2) is 0 Å². The predicted octanol–water partition coefficient (Wildman–Crippen LogP) is 6.15. The number of allylic oxidation sites excluding steroid dienone is 1. The van der Waals surface area contributed by atoms with E-state index in [1.807, 2.05) is 0 Å². The van der Waals surface area contributed by atoms with E-state index in [9.17, 15) is 4.79 Å². The summed E-state index contributed by atoms with van der Waals surface area (Å²) < 4.78 is 7.25. The summed E-state index contributed by atoms with van der Waals surface area (Å²) in [5, 5.41) is 2.57. The molecule has 2 aliphatic rings. The van der Waals surface area contributed by atoms with Crippen molar-refractivity contribution in [2.45, 2.75) is 65.3 Å². The molecule has 4 rings (SSSR count). The number of aldehydes is 1. The normalized spacial score (nSPS) is 28.0. The van der Waals surface area contributed by atoms with Crippen molar-refractivity contribution in [3.05, 3.63) is 72.3 Å². The van der Waals surface area contributed by atoms with Gasteiger partial charge in [-0.05, 0) is 51.1 Å². The van der Waals surface area contributed by atoms with Crippen molar-refractivity contribution in [2.75, 3.05) is 6.61 Å². The molecule has 0 aliphatic heterocycles. The fourth-order valence-corrected chi connectivity index (χ4v) is 11.2. The molecule has 2 nitrogen and oxygen atoms in total. The summed E-state index contributed by atoms with van der Waals surface area (Å²) >= 11 is 0. The molecule has 33 heavy (non-hydrogen) atoms. The van der Waals surface area contributed by atoms with Crippen molar-refractivity contribution in [1.29, 1.82) is 0 Å². The predicted molar refractivity (Wildman–Crippen MR) is 140 cm³/mol. The van der Waals surface area contributed by atoms with Crippen LogP contribution in [-0.2, 0) is 9.22 Å². The van der Waals surface area contributed by atoms with E-state index >= 15 is 0 Å². The maximum absolute atomic E-state index is 12.3. The molecule has 4 atom stereocenters. The van der Waals surface area contributed by atoms with Gasteiger partial charge in [-0.2, -0.15) is 0 Å². The van der Waals surface area contributed by atoms with E-state index in [1.54, 1.807) is 0 Å². The largest absolute Gasteiger partial charge is 0.403 e. The van der Waals surface area contributed by atoms with E-state index in [-0.39, 0.29) is 22.3 Å². The molecule has 3 heteroatoms. The maximum atomic E-state index is 12.3. The summed E-state index contributed by atoms with van der Waals surface area (Å²) in [5.74, 6) is 0.797. The van der Waals surface area contributed by atoms with Crippen molar-refractivity contribution >= 4 is 25.0 Å². The molecule has 1 saturated carbocycles. The highest BCUT2D eigenvalue weighted by molar-refractivity contribution is 6.99. The zero-order valence-corrected chi connectivity index (χ0v) is 22.0. The monoisotopic (exact) mass is 460 g/mol. The van der Waals surface area contributed by atoms with E-state index in [1.165, 1.54) is 47.9 Å². The average Bonchev–Trinajstić information content (AvgIpc) is 2.80. The van der Waals surface area contributed by atoms with Gasteiger partial charge in [0.2, 0.25) is 0 Å². The number of carbonyl (C=O) groups excluding carboxylic acids is 1. The molecular weight excluding hydrogens is 420 g/mol. The Balaban J connectivity index is 1.77. The first-order chi connectivity index (χ1) is 15.7. The number of hydrogen-bond donors (Lipinski definition) is 0. The number of fused-ring (bicyclic) bond motifs is 1. The Bertz CT molecular complexity index is 936. The van der Waals surface area contributed by atoms with Crippen molar-refractivity contribution < 1.29 is 9.22 Å². The van der Waals surface area contributed by atoms with Crippen LogP contribution >= 0.6 is 0 Å². The van der Waals surface area contributed by atoms with Crippen LogP contribution in [0.5, 0.6) is 0 Å². The topological polar surface area (TPSA) is 26.3 Å².